The summed E-state index contributed by atoms with van der Waals surface area (Å²) in [5.41, 5.74) is 0.989. The van der Waals surface area contributed by atoms with Gasteiger partial charge in [0.25, 0.3) is 5.91 Å². The summed E-state index contributed by atoms with van der Waals surface area (Å²) < 4.78 is 5.03. The number of carbonyl (C=O) groups excluding carboxylic acids is 1. The Balaban J connectivity index is 2.07. The van der Waals surface area contributed by atoms with Crippen molar-refractivity contribution in [2.24, 2.45) is 0 Å². The van der Waals surface area contributed by atoms with Crippen LogP contribution >= 0.6 is 0 Å². The molecule has 1 aromatic rings. The maximum Gasteiger partial charge on any atom is 0.258 e. The Kier molecular flexibility index (Phi) is 2.74. The Morgan fingerprint density at radius 3 is 2.95 bits per heavy atom. The molecule has 2 aliphatic heterocycles. The molecule has 0 aromatic heterocycles. The van der Waals surface area contributed by atoms with Crippen LogP contribution in [0.15, 0.2) is 12.1 Å². The number of hydrogen-bond acceptors (Lipinski definition) is 5. The third-order valence-corrected chi connectivity index (χ3v) is 3.78. The molecule has 3 rings (SSSR count). The molecular formula is C13H16N2O4. The molecule has 0 spiro atoms. The van der Waals surface area contributed by atoms with E-state index in [9.17, 15) is 15.0 Å². The van der Waals surface area contributed by atoms with Crippen LogP contribution in [0.2, 0.25) is 0 Å². The zero-order valence-electron chi connectivity index (χ0n) is 10.6. The van der Waals surface area contributed by atoms with Crippen molar-refractivity contribution in [1.29, 1.82) is 0 Å². The number of aliphatic hydroxyl groups excluding tert-OH is 1. The third-order valence-electron chi connectivity index (χ3n) is 3.78. The first-order valence-electron chi connectivity index (χ1n) is 6.27. The lowest BCUT2D eigenvalue weighted by Crippen LogP contribution is -2.42. The number of aliphatic hydroxyl groups is 1. The first kappa shape index (κ1) is 12.1. The number of fused-ring (bicyclic) bond motifs is 2. The molecule has 1 fully saturated rings. The number of hydrogen-bond donors (Lipinski definition) is 3. The lowest BCUT2D eigenvalue weighted by molar-refractivity contribution is 0.0190. The van der Waals surface area contributed by atoms with Crippen molar-refractivity contribution >= 4 is 11.6 Å². The molecule has 0 saturated carbocycles. The SMILES string of the molecule is COc1cc2c(cc1O)NCC1CC[C@H](O)N1C2=O. The number of nitrogens with zero attached hydrogens (tertiary/aromatic N) is 1. The Morgan fingerprint density at radius 1 is 1.42 bits per heavy atom. The fourth-order valence-corrected chi connectivity index (χ4v) is 2.79. The van der Waals surface area contributed by atoms with Gasteiger partial charge in [0.15, 0.2) is 11.5 Å². The van der Waals surface area contributed by atoms with Crippen LogP contribution in [0.1, 0.15) is 23.2 Å². The zero-order chi connectivity index (χ0) is 13.6. The van der Waals surface area contributed by atoms with E-state index in [1.807, 2.05) is 0 Å². The van der Waals surface area contributed by atoms with Crippen molar-refractivity contribution < 1.29 is 19.7 Å². The zero-order valence-corrected chi connectivity index (χ0v) is 10.6. The van der Waals surface area contributed by atoms with Gasteiger partial charge in [-0.25, -0.2) is 0 Å². The highest BCUT2D eigenvalue weighted by atomic mass is 16.5. The molecule has 2 atom stereocenters. The van der Waals surface area contributed by atoms with E-state index in [2.05, 4.69) is 5.32 Å². The minimum absolute atomic E-state index is 0.0100. The van der Waals surface area contributed by atoms with E-state index in [0.717, 1.165) is 6.42 Å². The lowest BCUT2D eigenvalue weighted by Gasteiger charge is -2.25. The maximum atomic E-state index is 12.5. The van der Waals surface area contributed by atoms with Gasteiger partial charge in [-0.05, 0) is 18.9 Å². The van der Waals surface area contributed by atoms with Crippen molar-refractivity contribution in [2.45, 2.75) is 25.1 Å². The van der Waals surface area contributed by atoms with Gasteiger partial charge < -0.3 is 25.2 Å². The number of amides is 1. The molecule has 19 heavy (non-hydrogen) atoms. The summed E-state index contributed by atoms with van der Waals surface area (Å²) in [4.78, 5) is 14.0. The standard InChI is InChI=1S/C13H16N2O4/c1-19-11-4-8-9(5-10(11)16)14-6-7-2-3-12(17)15(7)13(8)18/h4-5,7,12,14,16-17H,2-3,6H2,1H3/t7?,12-/m0/s1. The van der Waals surface area contributed by atoms with Gasteiger partial charge in [-0.1, -0.05) is 0 Å². The van der Waals surface area contributed by atoms with Gasteiger partial charge in [0.1, 0.15) is 6.23 Å². The molecule has 1 aromatic carbocycles. The van der Waals surface area contributed by atoms with Crippen molar-refractivity contribution in [3.05, 3.63) is 17.7 Å². The van der Waals surface area contributed by atoms with Crippen molar-refractivity contribution in [3.8, 4) is 11.5 Å². The van der Waals surface area contributed by atoms with Gasteiger partial charge in [0, 0.05) is 12.6 Å². The predicted octanol–water partition coefficient (Wildman–Crippen LogP) is 0.749. The summed E-state index contributed by atoms with van der Waals surface area (Å²) >= 11 is 0. The highest BCUT2D eigenvalue weighted by Gasteiger charge is 2.39. The Morgan fingerprint density at radius 2 is 2.21 bits per heavy atom. The van der Waals surface area contributed by atoms with E-state index in [-0.39, 0.29) is 23.4 Å². The second-order valence-electron chi connectivity index (χ2n) is 4.87. The number of carbonyl (C=O) groups is 1. The number of nitrogens with one attached hydrogen (secondary N) is 1. The summed E-state index contributed by atoms with van der Waals surface area (Å²) in [5.74, 6) is 0.0125. The van der Waals surface area contributed by atoms with Gasteiger partial charge in [-0.3, -0.25) is 4.79 Å². The van der Waals surface area contributed by atoms with Crippen LogP contribution < -0.4 is 10.1 Å². The normalized spacial score (nSPS) is 25.4. The van der Waals surface area contributed by atoms with Gasteiger partial charge in [-0.15, -0.1) is 0 Å². The van der Waals surface area contributed by atoms with Crippen LogP contribution in [0.4, 0.5) is 5.69 Å². The number of phenols is 1. The number of methoxy groups -OCH3 is 1. The monoisotopic (exact) mass is 264 g/mol. The molecule has 1 amide bonds. The average molecular weight is 264 g/mol. The molecule has 3 N–H and O–H groups in total. The van der Waals surface area contributed by atoms with Gasteiger partial charge >= 0.3 is 0 Å². The van der Waals surface area contributed by atoms with Crippen molar-refractivity contribution in [1.82, 2.24) is 4.90 Å². The molecule has 1 saturated heterocycles. The van der Waals surface area contributed by atoms with Gasteiger partial charge in [-0.2, -0.15) is 0 Å². The topological polar surface area (TPSA) is 82.0 Å². The summed E-state index contributed by atoms with van der Waals surface area (Å²) in [6.45, 7) is 0.571. The van der Waals surface area contributed by atoms with Gasteiger partial charge in [0.05, 0.1) is 24.4 Å². The summed E-state index contributed by atoms with van der Waals surface area (Å²) in [5, 5.41) is 22.8. The largest absolute Gasteiger partial charge is 0.504 e. The third kappa shape index (κ3) is 1.79. The molecule has 2 aliphatic rings. The molecular weight excluding hydrogens is 248 g/mol. The lowest BCUT2D eigenvalue weighted by atomic mass is 10.1. The number of anilines is 1. The molecule has 2 heterocycles. The highest BCUT2D eigenvalue weighted by Crippen LogP contribution is 2.37. The quantitative estimate of drug-likeness (QED) is 0.697. The van der Waals surface area contributed by atoms with Crippen LogP contribution in [0.25, 0.3) is 0 Å². The number of ether oxygens (including phenoxy) is 1. The minimum Gasteiger partial charge on any atom is -0.504 e. The average Bonchev–Trinajstić information content (AvgIpc) is 2.70. The number of benzene rings is 1. The van der Waals surface area contributed by atoms with Crippen LogP contribution in [-0.2, 0) is 0 Å². The van der Waals surface area contributed by atoms with E-state index < -0.39 is 6.23 Å². The summed E-state index contributed by atoms with van der Waals surface area (Å²) in [6.07, 6.45) is 0.643. The molecule has 0 radical (unpaired) electrons. The fourth-order valence-electron chi connectivity index (χ4n) is 2.79. The van der Waals surface area contributed by atoms with E-state index in [4.69, 9.17) is 4.74 Å². The number of phenolic OH excluding ortho intramolecular Hbond substituents is 1. The molecule has 102 valence electrons. The van der Waals surface area contributed by atoms with Gasteiger partial charge in [0.2, 0.25) is 0 Å². The fraction of sp³-hybridized carbons (Fsp3) is 0.462. The van der Waals surface area contributed by atoms with Crippen LogP contribution in [0.5, 0.6) is 11.5 Å². The Bertz CT molecular complexity index is 532. The van der Waals surface area contributed by atoms with Crippen LogP contribution in [0.3, 0.4) is 0 Å². The Hall–Kier alpha value is -1.95. The van der Waals surface area contributed by atoms with Crippen LogP contribution in [-0.4, -0.2) is 46.9 Å². The smallest absolute Gasteiger partial charge is 0.258 e. The first-order chi connectivity index (χ1) is 9.11. The number of rotatable bonds is 1. The predicted molar refractivity (Wildman–Crippen MR) is 68.3 cm³/mol. The van der Waals surface area contributed by atoms with E-state index in [1.54, 1.807) is 0 Å². The number of aromatic hydroxyl groups is 1. The molecule has 1 unspecified atom stereocenters. The first-order valence-corrected chi connectivity index (χ1v) is 6.27. The minimum atomic E-state index is -0.731. The van der Waals surface area contributed by atoms with E-state index in [0.29, 0.717) is 24.2 Å². The second kappa shape index (κ2) is 4.31. The molecule has 0 bridgehead atoms. The molecule has 0 aliphatic carbocycles. The van der Waals surface area contributed by atoms with E-state index in [1.165, 1.54) is 24.1 Å². The van der Waals surface area contributed by atoms with E-state index >= 15 is 0 Å². The summed E-state index contributed by atoms with van der Waals surface area (Å²) in [6, 6.07) is 2.98. The maximum absolute atomic E-state index is 12.5. The summed E-state index contributed by atoms with van der Waals surface area (Å²) in [7, 11) is 1.43. The second-order valence-corrected chi connectivity index (χ2v) is 4.87. The Labute approximate surface area is 110 Å². The van der Waals surface area contributed by atoms with Crippen molar-refractivity contribution in [2.75, 3.05) is 19.0 Å². The van der Waals surface area contributed by atoms with Crippen molar-refractivity contribution in [3.63, 3.8) is 0 Å². The molecule has 6 heteroatoms. The van der Waals surface area contributed by atoms with Crippen LogP contribution in [0, 0.1) is 0 Å². The highest BCUT2D eigenvalue weighted by molar-refractivity contribution is 6.01. The molecule has 6 nitrogen and oxygen atoms in total.